The highest BCUT2D eigenvalue weighted by Crippen LogP contribution is 2.28. The Kier molecular flexibility index (Phi) is 4.92. The van der Waals surface area contributed by atoms with Crippen LogP contribution < -0.4 is 11.2 Å². The fourth-order valence-electron chi connectivity index (χ4n) is 3.92. The Labute approximate surface area is 168 Å². The van der Waals surface area contributed by atoms with Crippen molar-refractivity contribution in [3.05, 3.63) is 85.6 Å². The molecule has 0 bridgehead atoms. The van der Waals surface area contributed by atoms with Gasteiger partial charge in [-0.1, -0.05) is 31.2 Å². The molecule has 1 aliphatic rings. The lowest BCUT2D eigenvalue weighted by Crippen LogP contribution is -2.33. The van der Waals surface area contributed by atoms with Crippen molar-refractivity contribution in [3.8, 4) is 11.6 Å². The zero-order chi connectivity index (χ0) is 20.5. The van der Waals surface area contributed by atoms with Gasteiger partial charge in [0.25, 0.3) is 5.56 Å². The smallest absolute Gasteiger partial charge is 0.335 e. The van der Waals surface area contributed by atoms with Gasteiger partial charge in [0.1, 0.15) is 5.56 Å². The number of aromatic nitrogens is 2. The lowest BCUT2D eigenvalue weighted by Gasteiger charge is -2.14. The molecule has 29 heavy (non-hydrogen) atoms. The largest absolute Gasteiger partial charge is 0.493 e. The summed E-state index contributed by atoms with van der Waals surface area (Å²) < 4.78 is 1.12. The first kappa shape index (κ1) is 18.9. The zero-order valence-electron chi connectivity index (χ0n) is 16.5. The van der Waals surface area contributed by atoms with Gasteiger partial charge >= 0.3 is 5.69 Å². The number of fused-ring (bicyclic) bond motifs is 1. The molecule has 1 heterocycles. The molecule has 1 aromatic heterocycles. The molecule has 0 radical (unpaired) electrons. The maximum atomic E-state index is 12.6. The van der Waals surface area contributed by atoms with Crippen molar-refractivity contribution < 1.29 is 5.11 Å². The van der Waals surface area contributed by atoms with Gasteiger partial charge in [-0.2, -0.15) is 0 Å². The molecule has 0 fully saturated rings. The summed E-state index contributed by atoms with van der Waals surface area (Å²) in [6, 6.07) is 13.2. The molecule has 0 amide bonds. The van der Waals surface area contributed by atoms with E-state index in [-0.39, 0.29) is 5.56 Å². The van der Waals surface area contributed by atoms with Crippen molar-refractivity contribution in [2.75, 3.05) is 0 Å². The Morgan fingerprint density at radius 3 is 2.66 bits per heavy atom. The van der Waals surface area contributed by atoms with Crippen LogP contribution in [0.5, 0.6) is 5.88 Å². The zero-order valence-corrected chi connectivity index (χ0v) is 16.5. The van der Waals surface area contributed by atoms with Gasteiger partial charge < -0.3 is 5.11 Å². The summed E-state index contributed by atoms with van der Waals surface area (Å²) in [6.07, 6.45) is 3.69. The van der Waals surface area contributed by atoms with Crippen LogP contribution >= 0.6 is 0 Å². The summed E-state index contributed by atoms with van der Waals surface area (Å²) in [6.45, 7) is 3.71. The Balaban J connectivity index is 1.89. The Bertz CT molecular complexity index is 1230. The Hall–Kier alpha value is -3.41. The highest BCUT2D eigenvalue weighted by molar-refractivity contribution is 6.03. The molecule has 4 rings (SSSR count). The second kappa shape index (κ2) is 7.54. The summed E-state index contributed by atoms with van der Waals surface area (Å²) in [7, 11) is 0. The number of aromatic hydroxyl groups is 1. The normalized spacial score (nSPS) is 13.5. The van der Waals surface area contributed by atoms with E-state index in [0.717, 1.165) is 35.1 Å². The van der Waals surface area contributed by atoms with E-state index in [9.17, 15) is 14.7 Å². The molecule has 0 atom stereocenters. The van der Waals surface area contributed by atoms with Crippen molar-refractivity contribution >= 4 is 11.4 Å². The maximum absolute atomic E-state index is 12.6. The summed E-state index contributed by atoms with van der Waals surface area (Å²) >= 11 is 0. The van der Waals surface area contributed by atoms with Gasteiger partial charge in [-0.25, -0.2) is 9.36 Å². The van der Waals surface area contributed by atoms with Crippen LogP contribution in [0.2, 0.25) is 0 Å². The third-order valence-electron chi connectivity index (χ3n) is 5.41. The highest BCUT2D eigenvalue weighted by atomic mass is 16.3. The lowest BCUT2D eigenvalue weighted by molar-refractivity contribution is 0.429. The molecule has 2 N–H and O–H groups in total. The molecular formula is C23H23N3O3. The fourth-order valence-corrected chi connectivity index (χ4v) is 3.92. The van der Waals surface area contributed by atoms with Crippen molar-refractivity contribution in [1.29, 1.82) is 0 Å². The van der Waals surface area contributed by atoms with E-state index in [2.05, 4.69) is 16.0 Å². The lowest BCUT2D eigenvalue weighted by atomic mass is 10.1. The predicted molar refractivity (Wildman–Crippen MR) is 114 cm³/mol. The van der Waals surface area contributed by atoms with E-state index < -0.39 is 17.1 Å². The number of rotatable bonds is 4. The molecule has 148 valence electrons. The first-order valence-corrected chi connectivity index (χ1v) is 9.83. The molecule has 3 aromatic rings. The number of para-hydroxylation sites is 1. The van der Waals surface area contributed by atoms with Gasteiger partial charge in [0.2, 0.25) is 5.88 Å². The van der Waals surface area contributed by atoms with Crippen LogP contribution in [-0.4, -0.2) is 20.4 Å². The van der Waals surface area contributed by atoms with E-state index in [0.29, 0.717) is 17.8 Å². The van der Waals surface area contributed by atoms with E-state index in [1.165, 1.54) is 11.1 Å². The van der Waals surface area contributed by atoms with Crippen LogP contribution in [0.1, 0.15) is 42.0 Å². The van der Waals surface area contributed by atoms with Crippen molar-refractivity contribution in [3.63, 3.8) is 0 Å². The standard InChI is InChI=1S/C23H23N3O3/c1-3-18(24-17-12-11-15-8-6-9-16(15)13-17)20-21(27)25-23(29)26(22(20)28)19-10-5-4-7-14(19)2/h4-5,7,10-13,28H,3,6,8-9H2,1-2H3,(H,25,27,29). The third-order valence-corrected chi connectivity index (χ3v) is 5.41. The van der Waals surface area contributed by atoms with Crippen LogP contribution in [0, 0.1) is 6.92 Å². The maximum Gasteiger partial charge on any atom is 0.335 e. The number of hydrogen-bond acceptors (Lipinski definition) is 4. The van der Waals surface area contributed by atoms with Crippen molar-refractivity contribution in [2.24, 2.45) is 4.99 Å². The Morgan fingerprint density at radius 2 is 1.90 bits per heavy atom. The number of aliphatic imine (C=N–C) groups is 1. The molecule has 1 aliphatic carbocycles. The second-order valence-electron chi connectivity index (χ2n) is 7.30. The van der Waals surface area contributed by atoms with Gasteiger partial charge in [0.05, 0.1) is 17.1 Å². The molecule has 0 unspecified atom stereocenters. The quantitative estimate of drug-likeness (QED) is 0.669. The average molecular weight is 389 g/mol. The SMILES string of the molecule is CCC(=Nc1ccc2c(c1)CCC2)c1c(O)n(-c2ccccc2C)c(=O)[nH]c1=O. The predicted octanol–water partition coefficient (Wildman–Crippen LogP) is 3.56. The van der Waals surface area contributed by atoms with E-state index in [1.54, 1.807) is 12.1 Å². The molecule has 6 nitrogen and oxygen atoms in total. The average Bonchev–Trinajstić information content (AvgIpc) is 3.16. The fraction of sp³-hybridized carbons (Fsp3) is 0.261. The number of benzene rings is 2. The molecule has 0 saturated heterocycles. The van der Waals surface area contributed by atoms with Crippen LogP contribution in [0.25, 0.3) is 5.69 Å². The molecule has 6 heteroatoms. The molecule has 0 spiro atoms. The number of nitrogens with zero attached hydrogens (tertiary/aromatic N) is 2. The third kappa shape index (κ3) is 3.42. The number of hydrogen-bond donors (Lipinski definition) is 2. The van der Waals surface area contributed by atoms with Crippen LogP contribution in [0.3, 0.4) is 0 Å². The van der Waals surface area contributed by atoms with Gasteiger partial charge in [0.15, 0.2) is 0 Å². The number of aromatic amines is 1. The van der Waals surface area contributed by atoms with Gasteiger partial charge in [-0.05, 0) is 67.5 Å². The van der Waals surface area contributed by atoms with Gasteiger partial charge in [0, 0.05) is 0 Å². The van der Waals surface area contributed by atoms with E-state index in [4.69, 9.17) is 0 Å². The minimum Gasteiger partial charge on any atom is -0.493 e. The highest BCUT2D eigenvalue weighted by Gasteiger charge is 2.20. The Morgan fingerprint density at radius 1 is 1.14 bits per heavy atom. The van der Waals surface area contributed by atoms with Crippen LogP contribution in [-0.2, 0) is 12.8 Å². The minimum absolute atomic E-state index is 0.0239. The summed E-state index contributed by atoms with van der Waals surface area (Å²) in [5.74, 6) is -0.394. The molecule has 0 saturated carbocycles. The summed E-state index contributed by atoms with van der Waals surface area (Å²) in [5, 5.41) is 10.9. The van der Waals surface area contributed by atoms with Crippen LogP contribution in [0.4, 0.5) is 5.69 Å². The van der Waals surface area contributed by atoms with E-state index >= 15 is 0 Å². The topological polar surface area (TPSA) is 87.4 Å². The molecule has 2 aromatic carbocycles. The van der Waals surface area contributed by atoms with Crippen molar-refractivity contribution in [2.45, 2.75) is 39.5 Å². The van der Waals surface area contributed by atoms with Crippen molar-refractivity contribution in [1.82, 2.24) is 9.55 Å². The van der Waals surface area contributed by atoms with E-state index in [1.807, 2.05) is 38.1 Å². The van der Waals surface area contributed by atoms with Crippen LogP contribution in [0.15, 0.2) is 57.0 Å². The monoisotopic (exact) mass is 389 g/mol. The first-order valence-electron chi connectivity index (χ1n) is 9.83. The first-order chi connectivity index (χ1) is 14.0. The molecule has 0 aliphatic heterocycles. The summed E-state index contributed by atoms with van der Waals surface area (Å²) in [5.41, 5.74) is 3.82. The number of aryl methyl sites for hydroxylation is 3. The number of H-pyrrole nitrogens is 1. The van der Waals surface area contributed by atoms with Gasteiger partial charge in [-0.15, -0.1) is 0 Å². The molecular weight excluding hydrogens is 366 g/mol. The summed E-state index contributed by atoms with van der Waals surface area (Å²) in [4.78, 5) is 32.0. The minimum atomic E-state index is -0.682. The number of nitrogens with one attached hydrogen (secondary N) is 1. The van der Waals surface area contributed by atoms with Gasteiger partial charge in [-0.3, -0.25) is 14.8 Å². The second-order valence-corrected chi connectivity index (χ2v) is 7.30.